The molecule has 1 rings (SSSR count). The number of carbonyl (C=O) groups excluding carboxylic acids is 1. The number of carbonyl (C=O) groups is 1. The minimum absolute atomic E-state index is 0.0692. The zero-order chi connectivity index (χ0) is 16.4. The van der Waals surface area contributed by atoms with Crippen molar-refractivity contribution in [2.45, 2.75) is 32.5 Å². The first kappa shape index (κ1) is 17.4. The van der Waals surface area contributed by atoms with Gasteiger partial charge in [-0.05, 0) is 25.0 Å². The Morgan fingerprint density at radius 3 is 2.33 bits per heavy atom. The molecule has 0 heterocycles. The summed E-state index contributed by atoms with van der Waals surface area (Å²) in [5, 5.41) is 2.51. The zero-order valence-corrected chi connectivity index (χ0v) is 12.0. The average Bonchev–Trinajstić information content (AvgIpc) is 2.36. The number of amides is 1. The monoisotopic (exact) mass is 306 g/mol. The van der Waals surface area contributed by atoms with Crippen LogP contribution in [0.3, 0.4) is 0 Å². The summed E-state index contributed by atoms with van der Waals surface area (Å²) in [7, 11) is 0. The molecule has 1 amide bonds. The largest absolute Gasteiger partial charge is 0.419 e. The van der Waals surface area contributed by atoms with Gasteiger partial charge in [0.15, 0.2) is 0 Å². The Labute approximate surface area is 120 Å². The second-order valence-corrected chi connectivity index (χ2v) is 5.40. The van der Waals surface area contributed by atoms with Crippen molar-refractivity contribution in [3.05, 3.63) is 35.1 Å². The molecule has 0 saturated carbocycles. The van der Waals surface area contributed by atoms with Crippen molar-refractivity contribution < 1.29 is 22.4 Å². The van der Waals surface area contributed by atoms with E-state index in [1.54, 1.807) is 20.8 Å². The lowest BCUT2D eigenvalue weighted by Gasteiger charge is -2.33. The third-order valence-electron chi connectivity index (χ3n) is 3.65. The number of hydrogen-bond acceptors (Lipinski definition) is 2. The summed E-state index contributed by atoms with van der Waals surface area (Å²) in [5.41, 5.74) is 2.64. The van der Waals surface area contributed by atoms with E-state index < -0.39 is 34.6 Å². The molecule has 0 aliphatic carbocycles. The van der Waals surface area contributed by atoms with E-state index in [0.717, 1.165) is 12.1 Å². The molecule has 1 aromatic carbocycles. The Kier molecular flexibility index (Phi) is 4.99. The van der Waals surface area contributed by atoms with E-state index in [1.165, 1.54) is 0 Å². The van der Waals surface area contributed by atoms with Gasteiger partial charge in [0.2, 0.25) is 0 Å². The number of rotatable bonds is 4. The summed E-state index contributed by atoms with van der Waals surface area (Å²) in [5.74, 6) is -2.56. The normalized spacial score (nSPS) is 14.9. The van der Waals surface area contributed by atoms with Crippen LogP contribution in [0.5, 0.6) is 0 Å². The lowest BCUT2D eigenvalue weighted by atomic mass is 9.88. The molecule has 0 aliphatic heterocycles. The standard InChI is InChI=1S/C14H18F4N2O/c1-8(2)13(3,7-19)20-12(21)9-5-4-6-10(11(9)15)14(16,17)18/h4-6,8H,7,19H2,1-3H3,(H,20,21). The van der Waals surface area contributed by atoms with Gasteiger partial charge in [0.25, 0.3) is 5.91 Å². The van der Waals surface area contributed by atoms with Crippen LogP contribution in [0.4, 0.5) is 17.6 Å². The van der Waals surface area contributed by atoms with Crippen LogP contribution in [0.1, 0.15) is 36.7 Å². The lowest BCUT2D eigenvalue weighted by molar-refractivity contribution is -0.140. The molecule has 1 unspecified atom stereocenters. The Balaban J connectivity index is 3.15. The highest BCUT2D eigenvalue weighted by atomic mass is 19.4. The van der Waals surface area contributed by atoms with Crippen molar-refractivity contribution >= 4 is 5.91 Å². The van der Waals surface area contributed by atoms with E-state index in [4.69, 9.17) is 5.73 Å². The van der Waals surface area contributed by atoms with Crippen LogP contribution in [0.2, 0.25) is 0 Å². The van der Waals surface area contributed by atoms with Gasteiger partial charge in [-0.1, -0.05) is 19.9 Å². The fourth-order valence-electron chi connectivity index (χ4n) is 1.68. The number of benzene rings is 1. The van der Waals surface area contributed by atoms with E-state index in [-0.39, 0.29) is 12.5 Å². The third kappa shape index (κ3) is 3.72. The van der Waals surface area contributed by atoms with Gasteiger partial charge in [0, 0.05) is 6.54 Å². The van der Waals surface area contributed by atoms with Crippen LogP contribution in [-0.4, -0.2) is 18.0 Å². The second kappa shape index (κ2) is 6.01. The van der Waals surface area contributed by atoms with E-state index in [0.29, 0.717) is 6.07 Å². The Hall–Kier alpha value is -1.63. The number of alkyl halides is 3. The molecule has 118 valence electrons. The molecular formula is C14H18F4N2O. The third-order valence-corrected chi connectivity index (χ3v) is 3.65. The fourth-order valence-corrected chi connectivity index (χ4v) is 1.68. The minimum Gasteiger partial charge on any atom is -0.345 e. The molecule has 1 aromatic rings. The molecule has 0 aromatic heterocycles. The van der Waals surface area contributed by atoms with Gasteiger partial charge in [-0.25, -0.2) is 4.39 Å². The smallest absolute Gasteiger partial charge is 0.345 e. The van der Waals surface area contributed by atoms with Crippen molar-refractivity contribution in [1.82, 2.24) is 5.32 Å². The van der Waals surface area contributed by atoms with E-state index in [2.05, 4.69) is 5.32 Å². The quantitative estimate of drug-likeness (QED) is 0.840. The van der Waals surface area contributed by atoms with E-state index in [1.807, 2.05) is 0 Å². The zero-order valence-electron chi connectivity index (χ0n) is 12.0. The van der Waals surface area contributed by atoms with Crippen LogP contribution >= 0.6 is 0 Å². The molecule has 0 fully saturated rings. The van der Waals surface area contributed by atoms with Gasteiger partial charge in [-0.3, -0.25) is 4.79 Å². The van der Waals surface area contributed by atoms with Crippen LogP contribution in [0.25, 0.3) is 0 Å². The predicted octanol–water partition coefficient (Wildman–Crippen LogP) is 2.95. The molecule has 0 saturated heterocycles. The Morgan fingerprint density at radius 2 is 1.90 bits per heavy atom. The summed E-state index contributed by atoms with van der Waals surface area (Å²) in [6.07, 6.45) is -4.85. The maximum Gasteiger partial charge on any atom is 0.419 e. The van der Waals surface area contributed by atoms with E-state index in [9.17, 15) is 22.4 Å². The van der Waals surface area contributed by atoms with Gasteiger partial charge in [0.05, 0.1) is 16.7 Å². The average molecular weight is 306 g/mol. The molecular weight excluding hydrogens is 288 g/mol. The molecule has 0 spiro atoms. The highest BCUT2D eigenvalue weighted by Crippen LogP contribution is 2.32. The van der Waals surface area contributed by atoms with Gasteiger partial charge in [0.1, 0.15) is 5.82 Å². The SMILES string of the molecule is CC(C)C(C)(CN)NC(=O)c1cccc(C(F)(F)F)c1F. The number of halogens is 4. The molecule has 7 heteroatoms. The summed E-state index contributed by atoms with van der Waals surface area (Å²) in [4.78, 5) is 12.0. The number of nitrogens with two attached hydrogens (primary N) is 1. The van der Waals surface area contributed by atoms with Gasteiger partial charge < -0.3 is 11.1 Å². The summed E-state index contributed by atoms with van der Waals surface area (Å²) in [6, 6.07) is 2.60. The molecule has 3 nitrogen and oxygen atoms in total. The molecule has 1 atom stereocenters. The summed E-state index contributed by atoms with van der Waals surface area (Å²) < 4.78 is 51.8. The Bertz CT molecular complexity index is 528. The first-order valence-electron chi connectivity index (χ1n) is 6.41. The van der Waals surface area contributed by atoms with Crippen LogP contribution in [0.15, 0.2) is 18.2 Å². The summed E-state index contributed by atoms with van der Waals surface area (Å²) in [6.45, 7) is 5.34. The van der Waals surface area contributed by atoms with Gasteiger partial charge in [-0.15, -0.1) is 0 Å². The first-order chi connectivity index (χ1) is 9.53. The number of hydrogen-bond donors (Lipinski definition) is 2. The van der Waals surface area contributed by atoms with Crippen LogP contribution in [-0.2, 0) is 6.18 Å². The predicted molar refractivity (Wildman–Crippen MR) is 71.2 cm³/mol. The van der Waals surface area contributed by atoms with Gasteiger partial charge >= 0.3 is 6.18 Å². The van der Waals surface area contributed by atoms with Crippen molar-refractivity contribution in [3.63, 3.8) is 0 Å². The maximum atomic E-state index is 13.9. The highest BCUT2D eigenvalue weighted by molar-refractivity contribution is 5.95. The summed E-state index contributed by atoms with van der Waals surface area (Å²) >= 11 is 0. The maximum absolute atomic E-state index is 13.9. The van der Waals surface area contributed by atoms with E-state index >= 15 is 0 Å². The molecule has 3 N–H and O–H groups in total. The van der Waals surface area contributed by atoms with Crippen molar-refractivity contribution in [1.29, 1.82) is 0 Å². The first-order valence-corrected chi connectivity index (χ1v) is 6.41. The number of nitrogens with one attached hydrogen (secondary N) is 1. The van der Waals surface area contributed by atoms with Gasteiger partial charge in [-0.2, -0.15) is 13.2 Å². The topological polar surface area (TPSA) is 55.1 Å². The highest BCUT2D eigenvalue weighted by Gasteiger charge is 2.36. The lowest BCUT2D eigenvalue weighted by Crippen LogP contribution is -2.55. The van der Waals surface area contributed by atoms with Crippen molar-refractivity contribution in [2.24, 2.45) is 11.7 Å². The second-order valence-electron chi connectivity index (χ2n) is 5.40. The van der Waals surface area contributed by atoms with Crippen molar-refractivity contribution in [3.8, 4) is 0 Å². The molecule has 21 heavy (non-hydrogen) atoms. The molecule has 0 radical (unpaired) electrons. The fraction of sp³-hybridized carbons (Fsp3) is 0.500. The van der Waals surface area contributed by atoms with Crippen molar-refractivity contribution in [2.75, 3.05) is 6.54 Å². The van der Waals surface area contributed by atoms with Crippen LogP contribution < -0.4 is 11.1 Å². The minimum atomic E-state index is -4.85. The molecule has 0 bridgehead atoms. The molecule has 0 aliphatic rings. The van der Waals surface area contributed by atoms with Crippen LogP contribution in [0, 0.1) is 11.7 Å². The Morgan fingerprint density at radius 1 is 1.33 bits per heavy atom.